The third kappa shape index (κ3) is 3.07. The predicted octanol–water partition coefficient (Wildman–Crippen LogP) is 6.02. The molecule has 0 saturated heterocycles. The lowest BCUT2D eigenvalue weighted by atomic mass is 10.0. The van der Waals surface area contributed by atoms with Crippen LogP contribution in [-0.2, 0) is 11.3 Å². The van der Waals surface area contributed by atoms with E-state index in [4.69, 9.17) is 21.4 Å². The van der Waals surface area contributed by atoms with Gasteiger partial charge in [0.25, 0.3) is 0 Å². The Balaban J connectivity index is 1.81. The summed E-state index contributed by atoms with van der Waals surface area (Å²) in [6.45, 7) is 0.399. The molecule has 29 heavy (non-hydrogen) atoms. The summed E-state index contributed by atoms with van der Waals surface area (Å²) >= 11 is 6.09. The number of benzene rings is 3. The van der Waals surface area contributed by atoms with E-state index in [1.807, 2.05) is 41.0 Å². The van der Waals surface area contributed by atoms with Crippen LogP contribution in [0.25, 0.3) is 38.8 Å². The van der Waals surface area contributed by atoms with E-state index in [9.17, 15) is 0 Å². The van der Waals surface area contributed by atoms with E-state index in [2.05, 4.69) is 47.4 Å². The highest BCUT2D eigenvalue weighted by Gasteiger charge is 2.19. The van der Waals surface area contributed by atoms with Crippen LogP contribution in [0.15, 0.2) is 79.0 Å². The molecule has 0 N–H and O–H groups in total. The van der Waals surface area contributed by atoms with Crippen LogP contribution in [0, 0.1) is 0 Å². The smallest absolute Gasteiger partial charge is 0.163 e. The van der Waals surface area contributed by atoms with Crippen LogP contribution in [0.3, 0.4) is 0 Å². The lowest BCUT2D eigenvalue weighted by Gasteiger charge is -2.09. The molecule has 0 aliphatic carbocycles. The Kier molecular flexibility index (Phi) is 4.51. The molecule has 0 bridgehead atoms. The first-order valence-corrected chi connectivity index (χ1v) is 9.73. The molecule has 0 atom stereocenters. The van der Waals surface area contributed by atoms with Gasteiger partial charge in [-0.1, -0.05) is 66.2 Å². The highest BCUT2D eigenvalue weighted by Crippen LogP contribution is 2.33. The molecule has 0 aliphatic rings. The minimum Gasteiger partial charge on any atom is -0.378 e. The Hall–Kier alpha value is -3.21. The monoisotopic (exact) mass is 399 g/mol. The zero-order valence-electron chi connectivity index (χ0n) is 15.8. The van der Waals surface area contributed by atoms with Crippen molar-refractivity contribution >= 4 is 28.0 Å². The highest BCUT2D eigenvalue weighted by atomic mass is 35.5. The van der Waals surface area contributed by atoms with E-state index in [0.29, 0.717) is 11.6 Å². The van der Waals surface area contributed by atoms with Crippen LogP contribution < -0.4 is 0 Å². The summed E-state index contributed by atoms with van der Waals surface area (Å²) in [5.74, 6) is 0. The summed E-state index contributed by atoms with van der Waals surface area (Å²) in [7, 11) is 1.68. The number of rotatable bonds is 4. The first-order valence-electron chi connectivity index (χ1n) is 9.36. The molecule has 3 aromatic carbocycles. The molecule has 2 aromatic heterocycles. The first kappa shape index (κ1) is 17.9. The maximum Gasteiger partial charge on any atom is 0.163 e. The third-order valence-corrected chi connectivity index (χ3v) is 5.32. The maximum absolute atomic E-state index is 6.09. The second-order valence-electron chi connectivity index (χ2n) is 6.85. The van der Waals surface area contributed by atoms with Gasteiger partial charge in [0.15, 0.2) is 5.65 Å². The first-order chi connectivity index (χ1) is 14.3. The number of aromatic nitrogens is 3. The van der Waals surface area contributed by atoms with Gasteiger partial charge < -0.3 is 4.74 Å². The fourth-order valence-corrected chi connectivity index (χ4v) is 3.92. The fourth-order valence-electron chi connectivity index (χ4n) is 3.79. The normalized spacial score (nSPS) is 11.4. The number of hydrogen-bond donors (Lipinski definition) is 0. The lowest BCUT2D eigenvalue weighted by molar-refractivity contribution is 0.181. The standard InChI is InChI=1S/C24H18ClN3O/c1-29-15-21-23(17-9-11-18(25)12-10-17)24-26-14-13-22(28(24)27-21)20-8-4-6-16-5-2-3-7-19(16)20/h2-14H,15H2,1H3. The number of nitrogens with zero attached hydrogens (tertiary/aromatic N) is 3. The van der Waals surface area contributed by atoms with Gasteiger partial charge in [-0.15, -0.1) is 0 Å². The van der Waals surface area contributed by atoms with Gasteiger partial charge >= 0.3 is 0 Å². The Morgan fingerprint density at radius 3 is 2.55 bits per heavy atom. The second-order valence-corrected chi connectivity index (χ2v) is 7.29. The van der Waals surface area contributed by atoms with Gasteiger partial charge in [0, 0.05) is 23.9 Å². The number of methoxy groups -OCH3 is 1. The highest BCUT2D eigenvalue weighted by molar-refractivity contribution is 6.30. The Morgan fingerprint density at radius 2 is 1.72 bits per heavy atom. The van der Waals surface area contributed by atoms with Gasteiger partial charge in [-0.3, -0.25) is 0 Å². The number of hydrogen-bond acceptors (Lipinski definition) is 3. The topological polar surface area (TPSA) is 39.4 Å². The Morgan fingerprint density at radius 1 is 0.931 bits per heavy atom. The minimum atomic E-state index is 0.399. The summed E-state index contributed by atoms with van der Waals surface area (Å²) in [5, 5.41) is 7.95. The van der Waals surface area contributed by atoms with E-state index in [1.165, 1.54) is 10.8 Å². The lowest BCUT2D eigenvalue weighted by Crippen LogP contribution is -1.97. The van der Waals surface area contributed by atoms with Crippen molar-refractivity contribution in [2.75, 3.05) is 7.11 Å². The summed E-state index contributed by atoms with van der Waals surface area (Å²) in [4.78, 5) is 4.66. The summed E-state index contributed by atoms with van der Waals surface area (Å²) in [5.41, 5.74) is 5.72. The zero-order valence-corrected chi connectivity index (χ0v) is 16.6. The quantitative estimate of drug-likeness (QED) is 0.371. The number of halogens is 1. The molecule has 0 unspecified atom stereocenters. The van der Waals surface area contributed by atoms with Crippen LogP contribution in [0.2, 0.25) is 5.02 Å². The van der Waals surface area contributed by atoms with E-state index in [1.54, 1.807) is 7.11 Å². The largest absolute Gasteiger partial charge is 0.378 e. The minimum absolute atomic E-state index is 0.399. The van der Waals surface area contributed by atoms with E-state index >= 15 is 0 Å². The molecule has 0 aliphatic heterocycles. The molecule has 5 rings (SSSR count). The molecule has 2 heterocycles. The predicted molar refractivity (Wildman–Crippen MR) is 117 cm³/mol. The van der Waals surface area contributed by atoms with Crippen molar-refractivity contribution in [2.45, 2.75) is 6.61 Å². The third-order valence-electron chi connectivity index (χ3n) is 5.07. The molecule has 5 heteroatoms. The number of ether oxygens (including phenoxy) is 1. The molecule has 0 saturated carbocycles. The molecule has 0 spiro atoms. The van der Waals surface area contributed by atoms with Gasteiger partial charge in [0.05, 0.1) is 23.6 Å². The molecule has 0 fully saturated rings. The molecular formula is C24H18ClN3O. The van der Waals surface area contributed by atoms with Crippen molar-refractivity contribution in [3.8, 4) is 22.4 Å². The van der Waals surface area contributed by atoms with Gasteiger partial charge in [0.1, 0.15) is 0 Å². The summed E-state index contributed by atoms with van der Waals surface area (Å²) < 4.78 is 7.35. The van der Waals surface area contributed by atoms with Crippen molar-refractivity contribution < 1.29 is 4.74 Å². The molecule has 0 radical (unpaired) electrons. The average Bonchev–Trinajstić information content (AvgIpc) is 3.12. The Labute approximate surface area is 173 Å². The SMILES string of the molecule is COCc1nn2c(-c3cccc4ccccc34)ccnc2c1-c1ccc(Cl)cc1. The number of fused-ring (bicyclic) bond motifs is 2. The van der Waals surface area contributed by atoms with Gasteiger partial charge in [0.2, 0.25) is 0 Å². The van der Waals surface area contributed by atoms with Crippen LogP contribution in [-0.4, -0.2) is 21.7 Å². The maximum atomic E-state index is 6.09. The fraction of sp³-hybridized carbons (Fsp3) is 0.0833. The van der Waals surface area contributed by atoms with Crippen molar-refractivity contribution in [1.82, 2.24) is 14.6 Å². The molecular weight excluding hydrogens is 382 g/mol. The van der Waals surface area contributed by atoms with Crippen molar-refractivity contribution in [2.24, 2.45) is 0 Å². The molecule has 0 amide bonds. The summed E-state index contributed by atoms with van der Waals surface area (Å²) in [6.07, 6.45) is 1.84. The van der Waals surface area contributed by atoms with E-state index < -0.39 is 0 Å². The molecule has 142 valence electrons. The van der Waals surface area contributed by atoms with Crippen molar-refractivity contribution in [1.29, 1.82) is 0 Å². The zero-order chi connectivity index (χ0) is 19.8. The molecule has 4 nitrogen and oxygen atoms in total. The van der Waals surface area contributed by atoms with Crippen LogP contribution in [0.4, 0.5) is 0 Å². The Bertz CT molecular complexity index is 1320. The van der Waals surface area contributed by atoms with Crippen molar-refractivity contribution in [3.05, 3.63) is 89.7 Å². The van der Waals surface area contributed by atoms with Crippen LogP contribution in [0.1, 0.15) is 5.69 Å². The van der Waals surface area contributed by atoms with Gasteiger partial charge in [-0.2, -0.15) is 5.10 Å². The van der Waals surface area contributed by atoms with E-state index in [-0.39, 0.29) is 0 Å². The van der Waals surface area contributed by atoms with Crippen molar-refractivity contribution in [3.63, 3.8) is 0 Å². The van der Waals surface area contributed by atoms with Crippen LogP contribution >= 0.6 is 11.6 Å². The molecule has 5 aromatic rings. The van der Waals surface area contributed by atoms with Gasteiger partial charge in [-0.25, -0.2) is 9.50 Å². The average molecular weight is 400 g/mol. The second kappa shape index (κ2) is 7.32. The van der Waals surface area contributed by atoms with E-state index in [0.717, 1.165) is 33.7 Å². The van der Waals surface area contributed by atoms with Crippen LogP contribution in [0.5, 0.6) is 0 Å². The van der Waals surface area contributed by atoms with Gasteiger partial charge in [-0.05, 0) is 34.5 Å². The summed E-state index contributed by atoms with van der Waals surface area (Å²) in [6, 6.07) is 24.4.